The van der Waals surface area contributed by atoms with E-state index in [9.17, 15) is 18.5 Å². The van der Waals surface area contributed by atoms with Crippen LogP contribution in [0.15, 0.2) is 23.1 Å². The molecule has 22 heavy (non-hydrogen) atoms. The first kappa shape index (κ1) is 16.9. The molecule has 0 heterocycles. The van der Waals surface area contributed by atoms with Crippen LogP contribution in [0.25, 0.3) is 0 Å². The van der Waals surface area contributed by atoms with Crippen molar-refractivity contribution in [2.75, 3.05) is 13.6 Å². The SMILES string of the molecule is Cc1c([N+](=O)[O-])cccc1S(=O)(=O)N(C)CC1CCCCC1. The van der Waals surface area contributed by atoms with Crippen LogP contribution in [0.2, 0.25) is 0 Å². The third-order valence-corrected chi connectivity index (χ3v) is 6.35. The van der Waals surface area contributed by atoms with Crippen molar-refractivity contribution in [2.24, 2.45) is 5.92 Å². The zero-order valence-corrected chi connectivity index (χ0v) is 13.8. The number of hydrogen-bond donors (Lipinski definition) is 0. The van der Waals surface area contributed by atoms with Gasteiger partial charge in [0.05, 0.1) is 9.82 Å². The van der Waals surface area contributed by atoms with Crippen molar-refractivity contribution in [3.05, 3.63) is 33.9 Å². The monoisotopic (exact) mass is 326 g/mol. The van der Waals surface area contributed by atoms with Gasteiger partial charge in [-0.1, -0.05) is 25.3 Å². The second-order valence-electron chi connectivity index (χ2n) is 5.95. The molecule has 1 aromatic rings. The Bertz CT molecular complexity index is 652. The van der Waals surface area contributed by atoms with Crippen LogP contribution in [0.5, 0.6) is 0 Å². The van der Waals surface area contributed by atoms with Crippen molar-refractivity contribution in [1.29, 1.82) is 0 Å². The van der Waals surface area contributed by atoms with Gasteiger partial charge in [0.1, 0.15) is 0 Å². The van der Waals surface area contributed by atoms with Crippen LogP contribution in [0, 0.1) is 23.0 Å². The lowest BCUT2D eigenvalue weighted by molar-refractivity contribution is -0.385. The van der Waals surface area contributed by atoms with Gasteiger partial charge in [-0.25, -0.2) is 12.7 Å². The smallest absolute Gasteiger partial charge is 0.258 e. The number of rotatable bonds is 5. The zero-order chi connectivity index (χ0) is 16.3. The summed E-state index contributed by atoms with van der Waals surface area (Å²) in [5, 5.41) is 11.0. The van der Waals surface area contributed by atoms with Crippen molar-refractivity contribution < 1.29 is 13.3 Å². The van der Waals surface area contributed by atoms with E-state index in [2.05, 4.69) is 0 Å². The molecule has 0 N–H and O–H groups in total. The highest BCUT2D eigenvalue weighted by Gasteiger charge is 2.28. The van der Waals surface area contributed by atoms with Gasteiger partial charge >= 0.3 is 0 Å². The molecule has 0 spiro atoms. The summed E-state index contributed by atoms with van der Waals surface area (Å²) in [5.74, 6) is 0.382. The summed E-state index contributed by atoms with van der Waals surface area (Å²) in [6, 6.07) is 4.19. The Morgan fingerprint density at radius 3 is 2.50 bits per heavy atom. The number of nitrogens with zero attached hydrogens (tertiary/aromatic N) is 2. The molecule has 2 rings (SSSR count). The number of hydrogen-bond acceptors (Lipinski definition) is 4. The summed E-state index contributed by atoms with van der Waals surface area (Å²) >= 11 is 0. The Morgan fingerprint density at radius 1 is 1.27 bits per heavy atom. The van der Waals surface area contributed by atoms with E-state index in [1.54, 1.807) is 7.05 Å². The molecule has 1 saturated carbocycles. The molecule has 1 aliphatic rings. The molecular weight excluding hydrogens is 304 g/mol. The zero-order valence-electron chi connectivity index (χ0n) is 13.0. The molecule has 0 unspecified atom stereocenters. The quantitative estimate of drug-likeness (QED) is 0.615. The van der Waals surface area contributed by atoms with Gasteiger partial charge in [0.15, 0.2) is 0 Å². The lowest BCUT2D eigenvalue weighted by Gasteiger charge is -2.27. The van der Waals surface area contributed by atoms with E-state index in [0.717, 1.165) is 25.7 Å². The predicted octanol–water partition coefficient (Wildman–Crippen LogP) is 3.10. The van der Waals surface area contributed by atoms with Crippen LogP contribution in [0.1, 0.15) is 37.7 Å². The number of sulfonamides is 1. The second-order valence-corrected chi connectivity index (χ2v) is 7.96. The Balaban J connectivity index is 2.25. The highest BCUT2D eigenvalue weighted by atomic mass is 32.2. The number of nitro groups is 1. The van der Waals surface area contributed by atoms with E-state index in [4.69, 9.17) is 0 Å². The molecule has 7 heteroatoms. The molecule has 1 fully saturated rings. The van der Waals surface area contributed by atoms with Crippen LogP contribution < -0.4 is 0 Å². The highest BCUT2D eigenvalue weighted by Crippen LogP contribution is 2.29. The summed E-state index contributed by atoms with van der Waals surface area (Å²) in [7, 11) is -2.14. The van der Waals surface area contributed by atoms with Gasteiger partial charge < -0.3 is 0 Å². The minimum Gasteiger partial charge on any atom is -0.258 e. The van der Waals surface area contributed by atoms with E-state index >= 15 is 0 Å². The van der Waals surface area contributed by atoms with E-state index in [-0.39, 0.29) is 16.1 Å². The molecule has 122 valence electrons. The van der Waals surface area contributed by atoms with Gasteiger partial charge in [-0.2, -0.15) is 0 Å². The minimum absolute atomic E-state index is 0.0278. The summed E-state index contributed by atoms with van der Waals surface area (Å²) in [4.78, 5) is 10.5. The number of benzene rings is 1. The molecule has 1 aromatic carbocycles. The van der Waals surface area contributed by atoms with Crippen molar-refractivity contribution >= 4 is 15.7 Å². The summed E-state index contributed by atoms with van der Waals surface area (Å²) in [6.45, 7) is 1.96. The third kappa shape index (κ3) is 3.47. The van der Waals surface area contributed by atoms with Gasteiger partial charge in [-0.15, -0.1) is 0 Å². The maximum atomic E-state index is 12.7. The maximum absolute atomic E-state index is 12.7. The average molecular weight is 326 g/mol. The topological polar surface area (TPSA) is 80.5 Å². The molecule has 0 aromatic heterocycles. The van der Waals surface area contributed by atoms with E-state index in [1.807, 2.05) is 0 Å². The molecule has 0 amide bonds. The van der Waals surface area contributed by atoms with Crippen molar-refractivity contribution in [3.8, 4) is 0 Å². The highest BCUT2D eigenvalue weighted by molar-refractivity contribution is 7.89. The predicted molar refractivity (Wildman–Crippen MR) is 84.2 cm³/mol. The first-order valence-electron chi connectivity index (χ1n) is 7.54. The van der Waals surface area contributed by atoms with Crippen LogP contribution in [0.4, 0.5) is 5.69 Å². The summed E-state index contributed by atoms with van der Waals surface area (Å²) < 4.78 is 26.8. The van der Waals surface area contributed by atoms with E-state index < -0.39 is 14.9 Å². The first-order valence-corrected chi connectivity index (χ1v) is 8.98. The lowest BCUT2D eigenvalue weighted by atomic mass is 9.89. The standard InChI is InChI=1S/C15H22N2O4S/c1-12-14(17(18)19)9-6-10-15(12)22(20,21)16(2)11-13-7-4-3-5-8-13/h6,9-10,13H,3-5,7-8,11H2,1-2H3. The van der Waals surface area contributed by atoms with Crippen molar-refractivity contribution in [2.45, 2.75) is 43.9 Å². The van der Waals surface area contributed by atoms with Gasteiger partial charge in [0, 0.05) is 25.2 Å². The summed E-state index contributed by atoms with van der Waals surface area (Å²) in [5.41, 5.74) is 0.0372. The Morgan fingerprint density at radius 2 is 1.91 bits per heavy atom. The summed E-state index contributed by atoms with van der Waals surface area (Å²) in [6.07, 6.45) is 5.61. The van der Waals surface area contributed by atoms with E-state index in [0.29, 0.717) is 12.5 Å². The number of nitro benzene ring substituents is 1. The minimum atomic E-state index is -3.70. The Kier molecular flexibility index (Phi) is 5.18. The molecule has 6 nitrogen and oxygen atoms in total. The fraction of sp³-hybridized carbons (Fsp3) is 0.600. The Labute approximate surface area is 131 Å². The van der Waals surface area contributed by atoms with Crippen molar-refractivity contribution in [3.63, 3.8) is 0 Å². The van der Waals surface area contributed by atoms with Gasteiger partial charge in [0.2, 0.25) is 10.0 Å². The van der Waals surface area contributed by atoms with E-state index in [1.165, 1.54) is 35.8 Å². The van der Waals surface area contributed by atoms with Gasteiger partial charge in [0.25, 0.3) is 5.69 Å². The lowest BCUT2D eigenvalue weighted by Crippen LogP contribution is -2.33. The normalized spacial score (nSPS) is 16.9. The largest absolute Gasteiger partial charge is 0.273 e. The van der Waals surface area contributed by atoms with Crippen LogP contribution in [0.3, 0.4) is 0 Å². The average Bonchev–Trinajstić information content (AvgIpc) is 2.47. The molecule has 0 radical (unpaired) electrons. The second kappa shape index (κ2) is 6.75. The fourth-order valence-electron chi connectivity index (χ4n) is 3.08. The van der Waals surface area contributed by atoms with Gasteiger partial charge in [-0.05, 0) is 31.7 Å². The van der Waals surface area contributed by atoms with Gasteiger partial charge in [-0.3, -0.25) is 10.1 Å². The Hall–Kier alpha value is -1.47. The molecule has 0 aliphatic heterocycles. The van der Waals surface area contributed by atoms with Crippen molar-refractivity contribution in [1.82, 2.24) is 4.31 Å². The molecule has 1 aliphatic carbocycles. The van der Waals surface area contributed by atoms with Crippen LogP contribution in [-0.4, -0.2) is 31.2 Å². The molecule has 0 atom stereocenters. The first-order chi connectivity index (χ1) is 10.3. The molecule has 0 saturated heterocycles. The molecule has 0 bridgehead atoms. The molecular formula is C15H22N2O4S. The van der Waals surface area contributed by atoms with Crippen LogP contribution in [-0.2, 0) is 10.0 Å². The van der Waals surface area contributed by atoms with Crippen LogP contribution >= 0.6 is 0 Å². The fourth-order valence-corrected chi connectivity index (χ4v) is 4.56. The maximum Gasteiger partial charge on any atom is 0.273 e. The third-order valence-electron chi connectivity index (χ3n) is 4.38.